The lowest BCUT2D eigenvalue weighted by Gasteiger charge is -2.22. The molecule has 1 atom stereocenters. The summed E-state index contributed by atoms with van der Waals surface area (Å²) in [5.74, 6) is 0.823. The molecule has 0 unspecified atom stereocenters. The molecule has 0 fully saturated rings. The van der Waals surface area contributed by atoms with E-state index in [4.69, 9.17) is 10.5 Å². The average molecular weight is 249 g/mol. The summed E-state index contributed by atoms with van der Waals surface area (Å²) in [5.41, 5.74) is 8.21. The zero-order valence-electron chi connectivity index (χ0n) is 12.4. The van der Waals surface area contributed by atoms with Crippen molar-refractivity contribution < 1.29 is 4.74 Å². The second-order valence-electron chi connectivity index (χ2n) is 5.94. The van der Waals surface area contributed by atoms with Crippen molar-refractivity contribution in [3.05, 3.63) is 23.8 Å². The number of benzene rings is 1. The largest absolute Gasteiger partial charge is 0.488 e. The molecule has 0 aliphatic heterocycles. The minimum Gasteiger partial charge on any atom is -0.488 e. The van der Waals surface area contributed by atoms with Gasteiger partial charge < -0.3 is 10.5 Å². The fraction of sp³-hybridized carbons (Fsp3) is 0.625. The monoisotopic (exact) mass is 249 g/mol. The molecule has 18 heavy (non-hydrogen) atoms. The van der Waals surface area contributed by atoms with Crippen molar-refractivity contribution in [3.63, 3.8) is 0 Å². The van der Waals surface area contributed by atoms with E-state index in [1.165, 1.54) is 5.56 Å². The quantitative estimate of drug-likeness (QED) is 0.778. The van der Waals surface area contributed by atoms with Crippen molar-refractivity contribution >= 4 is 5.69 Å². The number of nitrogen functional groups attached to an aromatic ring is 1. The molecule has 2 nitrogen and oxygen atoms in total. The van der Waals surface area contributed by atoms with E-state index in [1.807, 2.05) is 12.1 Å². The molecule has 0 spiro atoms. The SMILES string of the molecule is CCC[C@H](CC)Oc1ccc(C(C)(C)C)cc1N. The molecule has 102 valence electrons. The first-order chi connectivity index (χ1) is 8.38. The summed E-state index contributed by atoms with van der Waals surface area (Å²) >= 11 is 0. The molecule has 0 saturated carbocycles. The summed E-state index contributed by atoms with van der Waals surface area (Å²) < 4.78 is 5.98. The van der Waals surface area contributed by atoms with Crippen LogP contribution in [-0.2, 0) is 5.41 Å². The van der Waals surface area contributed by atoms with Crippen molar-refractivity contribution in [3.8, 4) is 5.75 Å². The van der Waals surface area contributed by atoms with Crippen LogP contribution in [0, 0.1) is 0 Å². The van der Waals surface area contributed by atoms with Gasteiger partial charge in [-0.05, 0) is 36.0 Å². The van der Waals surface area contributed by atoms with E-state index in [-0.39, 0.29) is 11.5 Å². The lowest BCUT2D eigenvalue weighted by atomic mass is 9.87. The maximum atomic E-state index is 6.09. The molecule has 0 radical (unpaired) electrons. The fourth-order valence-corrected chi connectivity index (χ4v) is 1.97. The average Bonchev–Trinajstić information content (AvgIpc) is 2.29. The zero-order valence-corrected chi connectivity index (χ0v) is 12.4. The van der Waals surface area contributed by atoms with Crippen molar-refractivity contribution in [1.29, 1.82) is 0 Å². The van der Waals surface area contributed by atoms with Crippen LogP contribution in [0.1, 0.15) is 59.4 Å². The highest BCUT2D eigenvalue weighted by molar-refractivity contribution is 5.55. The van der Waals surface area contributed by atoms with Crippen LogP contribution in [0.2, 0.25) is 0 Å². The van der Waals surface area contributed by atoms with Crippen LogP contribution < -0.4 is 10.5 Å². The molecular formula is C16H27NO. The Morgan fingerprint density at radius 2 is 1.89 bits per heavy atom. The molecule has 1 rings (SSSR count). The lowest BCUT2D eigenvalue weighted by Crippen LogP contribution is -2.16. The summed E-state index contributed by atoms with van der Waals surface area (Å²) in [6, 6.07) is 6.16. The first-order valence-corrected chi connectivity index (χ1v) is 6.95. The van der Waals surface area contributed by atoms with Crippen LogP contribution in [-0.4, -0.2) is 6.10 Å². The molecule has 0 saturated heterocycles. The smallest absolute Gasteiger partial charge is 0.142 e. The van der Waals surface area contributed by atoms with Gasteiger partial charge in [-0.15, -0.1) is 0 Å². The fourth-order valence-electron chi connectivity index (χ4n) is 1.97. The van der Waals surface area contributed by atoms with Gasteiger partial charge in [0.2, 0.25) is 0 Å². The molecule has 1 aromatic carbocycles. The van der Waals surface area contributed by atoms with E-state index >= 15 is 0 Å². The highest BCUT2D eigenvalue weighted by Crippen LogP contribution is 2.30. The minimum absolute atomic E-state index is 0.125. The first kappa shape index (κ1) is 14.9. The van der Waals surface area contributed by atoms with Gasteiger partial charge in [-0.1, -0.05) is 47.1 Å². The molecule has 0 aromatic heterocycles. The van der Waals surface area contributed by atoms with Crippen molar-refractivity contribution in [1.82, 2.24) is 0 Å². The van der Waals surface area contributed by atoms with E-state index < -0.39 is 0 Å². The summed E-state index contributed by atoms with van der Waals surface area (Å²) in [4.78, 5) is 0. The van der Waals surface area contributed by atoms with E-state index in [9.17, 15) is 0 Å². The summed E-state index contributed by atoms with van der Waals surface area (Å²) in [6.45, 7) is 10.9. The zero-order chi connectivity index (χ0) is 13.8. The number of anilines is 1. The number of hydrogen-bond acceptors (Lipinski definition) is 2. The highest BCUT2D eigenvalue weighted by atomic mass is 16.5. The van der Waals surface area contributed by atoms with Gasteiger partial charge in [0.1, 0.15) is 5.75 Å². The third-order valence-electron chi connectivity index (χ3n) is 3.24. The number of nitrogens with two attached hydrogens (primary N) is 1. The Labute approximate surface area is 112 Å². The molecule has 2 heteroatoms. The van der Waals surface area contributed by atoms with E-state index in [0.29, 0.717) is 0 Å². The Hall–Kier alpha value is -1.18. The number of hydrogen-bond donors (Lipinski definition) is 1. The molecule has 0 bridgehead atoms. The Kier molecular flexibility index (Phi) is 5.06. The van der Waals surface area contributed by atoms with Crippen molar-refractivity contribution in [2.45, 2.75) is 65.4 Å². The number of ether oxygens (including phenoxy) is 1. The second kappa shape index (κ2) is 6.12. The Bertz CT molecular complexity index is 379. The van der Waals surface area contributed by atoms with Crippen molar-refractivity contribution in [2.24, 2.45) is 0 Å². The molecule has 0 aliphatic rings. The molecule has 0 heterocycles. The van der Waals surface area contributed by atoms with Gasteiger partial charge in [0, 0.05) is 0 Å². The predicted molar refractivity (Wildman–Crippen MR) is 79.2 cm³/mol. The van der Waals surface area contributed by atoms with E-state index in [2.05, 4.69) is 40.7 Å². The molecule has 2 N–H and O–H groups in total. The van der Waals surface area contributed by atoms with Gasteiger partial charge in [0.25, 0.3) is 0 Å². The van der Waals surface area contributed by atoms with Crippen LogP contribution >= 0.6 is 0 Å². The van der Waals surface area contributed by atoms with Gasteiger partial charge in [-0.25, -0.2) is 0 Å². The summed E-state index contributed by atoms with van der Waals surface area (Å²) in [6.07, 6.45) is 3.52. The van der Waals surface area contributed by atoms with Gasteiger partial charge >= 0.3 is 0 Å². The van der Waals surface area contributed by atoms with Gasteiger partial charge in [-0.2, -0.15) is 0 Å². The normalized spacial score (nSPS) is 13.4. The standard InChI is InChI=1S/C16H27NO/c1-6-8-13(7-2)18-15-10-9-12(11-14(15)17)16(3,4)5/h9-11,13H,6-8,17H2,1-5H3/t13-/m0/s1. The van der Waals surface area contributed by atoms with Crippen LogP contribution in [0.25, 0.3) is 0 Å². The van der Waals surface area contributed by atoms with Crippen LogP contribution in [0.3, 0.4) is 0 Å². The second-order valence-corrected chi connectivity index (χ2v) is 5.94. The maximum Gasteiger partial charge on any atom is 0.142 e. The highest BCUT2D eigenvalue weighted by Gasteiger charge is 2.16. The van der Waals surface area contributed by atoms with Crippen molar-refractivity contribution in [2.75, 3.05) is 5.73 Å². The van der Waals surface area contributed by atoms with Gasteiger partial charge in [-0.3, -0.25) is 0 Å². The lowest BCUT2D eigenvalue weighted by molar-refractivity contribution is 0.187. The topological polar surface area (TPSA) is 35.2 Å². The Balaban J connectivity index is 2.85. The van der Waals surface area contributed by atoms with E-state index in [0.717, 1.165) is 30.7 Å². The molecule has 1 aromatic rings. The van der Waals surface area contributed by atoms with Gasteiger partial charge in [0.05, 0.1) is 11.8 Å². The van der Waals surface area contributed by atoms with Crippen LogP contribution in [0.4, 0.5) is 5.69 Å². The minimum atomic E-state index is 0.125. The predicted octanol–water partition coefficient (Wildman–Crippen LogP) is 4.52. The van der Waals surface area contributed by atoms with Crippen LogP contribution in [0.15, 0.2) is 18.2 Å². The number of rotatable bonds is 5. The maximum absolute atomic E-state index is 6.09. The molecule has 0 amide bonds. The Morgan fingerprint density at radius 1 is 1.22 bits per heavy atom. The van der Waals surface area contributed by atoms with Gasteiger partial charge in [0.15, 0.2) is 0 Å². The Morgan fingerprint density at radius 3 is 2.33 bits per heavy atom. The molecule has 0 aliphatic carbocycles. The first-order valence-electron chi connectivity index (χ1n) is 6.95. The van der Waals surface area contributed by atoms with Crippen LogP contribution in [0.5, 0.6) is 5.75 Å². The van der Waals surface area contributed by atoms with E-state index in [1.54, 1.807) is 0 Å². The molecular weight excluding hydrogens is 222 g/mol. The summed E-state index contributed by atoms with van der Waals surface area (Å²) in [5, 5.41) is 0. The third-order valence-corrected chi connectivity index (χ3v) is 3.24. The summed E-state index contributed by atoms with van der Waals surface area (Å²) in [7, 11) is 0. The third kappa shape index (κ3) is 3.94.